The van der Waals surface area contributed by atoms with Gasteiger partial charge in [0.05, 0.1) is 17.6 Å². The van der Waals surface area contributed by atoms with Gasteiger partial charge in [0.1, 0.15) is 5.15 Å². The SMILES string of the molecule is CONCc1ccc2nc(Cl)ccc2c1Cl. The molecular weight excluding hydrogens is 247 g/mol. The quantitative estimate of drug-likeness (QED) is 0.677. The number of fused-ring (bicyclic) bond motifs is 1. The van der Waals surface area contributed by atoms with Crippen molar-refractivity contribution < 1.29 is 4.84 Å². The van der Waals surface area contributed by atoms with Gasteiger partial charge >= 0.3 is 0 Å². The Balaban J connectivity index is 2.48. The van der Waals surface area contributed by atoms with Crippen LogP contribution in [0.2, 0.25) is 10.2 Å². The minimum atomic E-state index is 0.464. The highest BCUT2D eigenvalue weighted by Crippen LogP contribution is 2.27. The third kappa shape index (κ3) is 2.28. The summed E-state index contributed by atoms with van der Waals surface area (Å²) >= 11 is 12.1. The molecule has 2 aromatic rings. The molecular formula is C11H10Cl2N2O. The highest BCUT2D eigenvalue weighted by molar-refractivity contribution is 6.36. The van der Waals surface area contributed by atoms with Gasteiger partial charge in [0, 0.05) is 11.9 Å². The predicted molar refractivity (Wildman–Crippen MR) is 65.6 cm³/mol. The van der Waals surface area contributed by atoms with Crippen LogP contribution in [-0.2, 0) is 11.4 Å². The minimum Gasteiger partial charge on any atom is -0.305 e. The Morgan fingerprint density at radius 2 is 2.06 bits per heavy atom. The summed E-state index contributed by atoms with van der Waals surface area (Å²) in [5.41, 5.74) is 4.50. The number of pyridine rings is 1. The van der Waals surface area contributed by atoms with Crippen LogP contribution in [0.5, 0.6) is 0 Å². The maximum absolute atomic E-state index is 6.25. The van der Waals surface area contributed by atoms with E-state index in [-0.39, 0.29) is 0 Å². The lowest BCUT2D eigenvalue weighted by Crippen LogP contribution is -2.11. The summed E-state index contributed by atoms with van der Waals surface area (Å²) in [5, 5.41) is 2.03. The van der Waals surface area contributed by atoms with Crippen molar-refractivity contribution >= 4 is 34.1 Å². The molecule has 2 rings (SSSR count). The number of halogens is 2. The van der Waals surface area contributed by atoms with E-state index in [1.165, 1.54) is 0 Å². The number of nitrogens with zero attached hydrogens (tertiary/aromatic N) is 1. The van der Waals surface area contributed by atoms with Crippen molar-refractivity contribution in [3.8, 4) is 0 Å². The van der Waals surface area contributed by atoms with Gasteiger partial charge in [-0.25, -0.2) is 4.98 Å². The summed E-state index contributed by atoms with van der Waals surface area (Å²) in [6.07, 6.45) is 0. The molecule has 0 fully saturated rings. The second-order valence-corrected chi connectivity index (χ2v) is 4.03. The molecule has 0 saturated carbocycles. The van der Waals surface area contributed by atoms with Gasteiger partial charge in [0.2, 0.25) is 0 Å². The van der Waals surface area contributed by atoms with Crippen LogP contribution in [0.4, 0.5) is 0 Å². The maximum Gasteiger partial charge on any atom is 0.129 e. The lowest BCUT2D eigenvalue weighted by Gasteiger charge is -2.07. The zero-order chi connectivity index (χ0) is 11.5. The molecule has 3 nitrogen and oxygen atoms in total. The molecule has 1 aromatic heterocycles. The van der Waals surface area contributed by atoms with E-state index < -0.39 is 0 Å². The average Bonchev–Trinajstić information content (AvgIpc) is 2.28. The Labute approximate surface area is 103 Å². The molecule has 0 saturated heterocycles. The van der Waals surface area contributed by atoms with Gasteiger partial charge in [-0.1, -0.05) is 29.3 Å². The van der Waals surface area contributed by atoms with E-state index in [0.29, 0.717) is 16.7 Å². The molecule has 0 atom stereocenters. The molecule has 0 spiro atoms. The molecule has 0 unspecified atom stereocenters. The summed E-state index contributed by atoms with van der Waals surface area (Å²) in [5.74, 6) is 0. The van der Waals surface area contributed by atoms with Crippen LogP contribution in [-0.4, -0.2) is 12.1 Å². The normalized spacial score (nSPS) is 10.9. The molecule has 5 heteroatoms. The Kier molecular flexibility index (Phi) is 3.61. The molecule has 0 amide bonds. The first kappa shape index (κ1) is 11.6. The van der Waals surface area contributed by atoms with E-state index in [9.17, 15) is 0 Å². The van der Waals surface area contributed by atoms with Crippen molar-refractivity contribution in [1.29, 1.82) is 0 Å². The largest absolute Gasteiger partial charge is 0.305 e. The monoisotopic (exact) mass is 256 g/mol. The van der Waals surface area contributed by atoms with E-state index in [4.69, 9.17) is 28.0 Å². The van der Waals surface area contributed by atoms with Crippen molar-refractivity contribution in [2.75, 3.05) is 7.11 Å². The number of rotatable bonds is 3. The molecule has 0 radical (unpaired) electrons. The fourth-order valence-electron chi connectivity index (χ4n) is 1.47. The standard InChI is InChI=1S/C11H10Cl2N2O/c1-16-14-6-7-2-4-9-8(11(7)13)3-5-10(12)15-9/h2-5,14H,6H2,1H3. The predicted octanol–water partition coefficient (Wildman–Crippen LogP) is 3.19. The smallest absolute Gasteiger partial charge is 0.129 e. The molecule has 0 aliphatic rings. The van der Waals surface area contributed by atoms with E-state index >= 15 is 0 Å². The molecule has 0 bridgehead atoms. The number of benzene rings is 1. The van der Waals surface area contributed by atoms with Crippen LogP contribution in [0.1, 0.15) is 5.56 Å². The maximum atomic E-state index is 6.25. The zero-order valence-electron chi connectivity index (χ0n) is 8.63. The van der Waals surface area contributed by atoms with Gasteiger partial charge in [-0.05, 0) is 23.8 Å². The van der Waals surface area contributed by atoms with Gasteiger partial charge in [-0.3, -0.25) is 0 Å². The van der Waals surface area contributed by atoms with Crippen LogP contribution in [0.15, 0.2) is 24.3 Å². The van der Waals surface area contributed by atoms with Gasteiger partial charge < -0.3 is 4.84 Å². The van der Waals surface area contributed by atoms with E-state index in [2.05, 4.69) is 10.5 Å². The number of hydroxylamine groups is 1. The van der Waals surface area contributed by atoms with E-state index in [1.54, 1.807) is 13.2 Å². The third-order valence-electron chi connectivity index (χ3n) is 2.26. The van der Waals surface area contributed by atoms with Crippen molar-refractivity contribution in [2.45, 2.75) is 6.54 Å². The van der Waals surface area contributed by atoms with Crippen molar-refractivity contribution in [3.05, 3.63) is 40.0 Å². The van der Waals surface area contributed by atoms with Crippen LogP contribution in [0, 0.1) is 0 Å². The summed E-state index contributed by atoms with van der Waals surface area (Å²) in [6.45, 7) is 0.550. The highest BCUT2D eigenvalue weighted by Gasteiger charge is 2.06. The first-order valence-corrected chi connectivity index (χ1v) is 5.47. The Morgan fingerprint density at radius 1 is 1.25 bits per heavy atom. The fraction of sp³-hybridized carbons (Fsp3) is 0.182. The zero-order valence-corrected chi connectivity index (χ0v) is 10.1. The Morgan fingerprint density at radius 3 is 2.81 bits per heavy atom. The number of hydrogen-bond acceptors (Lipinski definition) is 3. The summed E-state index contributed by atoms with van der Waals surface area (Å²) in [4.78, 5) is 8.97. The van der Waals surface area contributed by atoms with E-state index in [1.807, 2.05) is 18.2 Å². The number of nitrogens with one attached hydrogen (secondary N) is 1. The first-order chi connectivity index (χ1) is 7.72. The molecule has 84 valence electrons. The fourth-order valence-corrected chi connectivity index (χ4v) is 1.92. The third-order valence-corrected chi connectivity index (χ3v) is 2.92. The molecule has 16 heavy (non-hydrogen) atoms. The first-order valence-electron chi connectivity index (χ1n) is 4.72. The van der Waals surface area contributed by atoms with Crippen LogP contribution in [0.25, 0.3) is 10.9 Å². The van der Waals surface area contributed by atoms with Gasteiger partial charge in [-0.2, -0.15) is 5.48 Å². The summed E-state index contributed by atoms with van der Waals surface area (Å²) in [6, 6.07) is 7.38. The van der Waals surface area contributed by atoms with Crippen molar-refractivity contribution in [1.82, 2.24) is 10.5 Å². The Hall–Kier alpha value is -0.870. The topological polar surface area (TPSA) is 34.1 Å². The minimum absolute atomic E-state index is 0.464. The average molecular weight is 257 g/mol. The number of aromatic nitrogens is 1. The van der Waals surface area contributed by atoms with Crippen LogP contribution in [0.3, 0.4) is 0 Å². The van der Waals surface area contributed by atoms with Gasteiger partial charge in [0.25, 0.3) is 0 Å². The van der Waals surface area contributed by atoms with Crippen molar-refractivity contribution in [3.63, 3.8) is 0 Å². The molecule has 1 heterocycles. The highest BCUT2D eigenvalue weighted by atomic mass is 35.5. The van der Waals surface area contributed by atoms with Crippen LogP contribution >= 0.6 is 23.2 Å². The molecule has 0 aliphatic carbocycles. The number of hydrogen-bond donors (Lipinski definition) is 1. The van der Waals surface area contributed by atoms with E-state index in [0.717, 1.165) is 16.5 Å². The summed E-state index contributed by atoms with van der Waals surface area (Å²) < 4.78 is 0. The second kappa shape index (κ2) is 4.97. The molecule has 0 aliphatic heterocycles. The van der Waals surface area contributed by atoms with Gasteiger partial charge in [0.15, 0.2) is 0 Å². The van der Waals surface area contributed by atoms with Crippen molar-refractivity contribution in [2.24, 2.45) is 0 Å². The second-order valence-electron chi connectivity index (χ2n) is 3.26. The lowest BCUT2D eigenvalue weighted by atomic mass is 10.1. The molecule has 1 N–H and O–H groups in total. The summed E-state index contributed by atoms with van der Waals surface area (Å²) in [7, 11) is 1.57. The lowest BCUT2D eigenvalue weighted by molar-refractivity contribution is 0.0867. The Bertz CT molecular complexity index is 517. The van der Waals surface area contributed by atoms with Crippen LogP contribution < -0.4 is 5.48 Å². The van der Waals surface area contributed by atoms with Gasteiger partial charge in [-0.15, -0.1) is 0 Å². The molecule has 1 aromatic carbocycles.